The smallest absolute Gasteiger partial charge is 0.337 e. The SMILES string of the molecule is CC(C)N1CCC(Cn2cc(C(=O)O)ccc2=O)C1. The Bertz CT molecular complexity index is 522. The van der Waals surface area contributed by atoms with Crippen LogP contribution < -0.4 is 5.56 Å². The van der Waals surface area contributed by atoms with Crippen molar-refractivity contribution >= 4 is 5.97 Å². The molecule has 0 saturated carbocycles. The Morgan fingerprint density at radius 2 is 2.21 bits per heavy atom. The second-order valence-electron chi connectivity index (χ2n) is 5.46. The molecule has 1 saturated heterocycles. The Kier molecular flexibility index (Phi) is 4.04. The molecule has 0 radical (unpaired) electrons. The highest BCUT2D eigenvalue weighted by Crippen LogP contribution is 2.19. The monoisotopic (exact) mass is 264 g/mol. The number of hydrogen-bond donors (Lipinski definition) is 1. The minimum atomic E-state index is -0.996. The van der Waals surface area contributed by atoms with Gasteiger partial charge in [-0.3, -0.25) is 4.79 Å². The van der Waals surface area contributed by atoms with E-state index in [0.717, 1.165) is 19.5 Å². The average molecular weight is 264 g/mol. The van der Waals surface area contributed by atoms with Crippen LogP contribution in [0.5, 0.6) is 0 Å². The lowest BCUT2D eigenvalue weighted by Gasteiger charge is -2.20. The number of pyridine rings is 1. The van der Waals surface area contributed by atoms with Gasteiger partial charge in [0.15, 0.2) is 0 Å². The summed E-state index contributed by atoms with van der Waals surface area (Å²) < 4.78 is 1.53. The van der Waals surface area contributed by atoms with Gasteiger partial charge in [0.2, 0.25) is 0 Å². The number of aromatic carboxylic acids is 1. The molecule has 1 aliphatic heterocycles. The van der Waals surface area contributed by atoms with Crippen LogP contribution in [0.2, 0.25) is 0 Å². The molecule has 1 fully saturated rings. The van der Waals surface area contributed by atoms with E-state index in [0.29, 0.717) is 18.5 Å². The minimum absolute atomic E-state index is 0.131. The van der Waals surface area contributed by atoms with E-state index < -0.39 is 5.97 Å². The zero-order valence-electron chi connectivity index (χ0n) is 11.4. The lowest BCUT2D eigenvalue weighted by atomic mass is 10.1. The molecule has 0 aromatic carbocycles. The maximum Gasteiger partial charge on any atom is 0.337 e. The van der Waals surface area contributed by atoms with Crippen LogP contribution in [-0.2, 0) is 6.54 Å². The van der Waals surface area contributed by atoms with Crippen LogP contribution in [0, 0.1) is 5.92 Å². The fraction of sp³-hybridized carbons (Fsp3) is 0.571. The first-order valence-corrected chi connectivity index (χ1v) is 6.65. The molecular formula is C14H20N2O3. The molecule has 104 valence electrons. The van der Waals surface area contributed by atoms with Crippen LogP contribution in [0.4, 0.5) is 0 Å². The Morgan fingerprint density at radius 3 is 2.79 bits per heavy atom. The summed E-state index contributed by atoms with van der Waals surface area (Å²) in [6.45, 7) is 6.96. The highest BCUT2D eigenvalue weighted by molar-refractivity contribution is 5.87. The molecule has 0 amide bonds. The third-order valence-corrected chi connectivity index (χ3v) is 3.73. The molecule has 1 aliphatic rings. The van der Waals surface area contributed by atoms with Crippen molar-refractivity contribution in [3.8, 4) is 0 Å². The summed E-state index contributed by atoms with van der Waals surface area (Å²) in [5.74, 6) is -0.576. The van der Waals surface area contributed by atoms with Crippen molar-refractivity contribution in [2.75, 3.05) is 13.1 Å². The second-order valence-corrected chi connectivity index (χ2v) is 5.46. The standard InChI is InChI=1S/C14H20N2O3/c1-10(2)15-6-5-11(7-15)8-16-9-12(14(18)19)3-4-13(16)17/h3-4,9-11H,5-8H2,1-2H3,(H,18,19). The van der Waals surface area contributed by atoms with Crippen LogP contribution in [0.25, 0.3) is 0 Å². The third-order valence-electron chi connectivity index (χ3n) is 3.73. The van der Waals surface area contributed by atoms with Gasteiger partial charge in [-0.1, -0.05) is 0 Å². The topological polar surface area (TPSA) is 62.5 Å². The predicted molar refractivity (Wildman–Crippen MR) is 72.5 cm³/mol. The van der Waals surface area contributed by atoms with E-state index >= 15 is 0 Å². The number of hydrogen-bond acceptors (Lipinski definition) is 3. The van der Waals surface area contributed by atoms with Gasteiger partial charge < -0.3 is 14.6 Å². The Labute approximate surface area is 112 Å². The van der Waals surface area contributed by atoms with Crippen LogP contribution >= 0.6 is 0 Å². The predicted octanol–water partition coefficient (Wildman–Crippen LogP) is 1.28. The summed E-state index contributed by atoms with van der Waals surface area (Å²) in [6.07, 6.45) is 2.50. The van der Waals surface area contributed by atoms with Gasteiger partial charge in [-0.25, -0.2) is 4.79 Å². The molecule has 0 spiro atoms. The molecule has 1 N–H and O–H groups in total. The van der Waals surface area contributed by atoms with E-state index in [9.17, 15) is 9.59 Å². The zero-order chi connectivity index (χ0) is 14.0. The molecule has 0 aliphatic carbocycles. The molecule has 1 atom stereocenters. The van der Waals surface area contributed by atoms with Gasteiger partial charge in [0.05, 0.1) is 5.56 Å². The number of likely N-dealkylation sites (tertiary alicyclic amines) is 1. The van der Waals surface area contributed by atoms with Crippen molar-refractivity contribution < 1.29 is 9.90 Å². The quantitative estimate of drug-likeness (QED) is 0.889. The van der Waals surface area contributed by atoms with Crippen LogP contribution in [0.3, 0.4) is 0 Å². The van der Waals surface area contributed by atoms with Crippen molar-refractivity contribution in [3.05, 3.63) is 34.2 Å². The molecule has 1 aromatic rings. The van der Waals surface area contributed by atoms with Crippen LogP contribution in [-0.4, -0.2) is 39.7 Å². The summed E-state index contributed by atoms with van der Waals surface area (Å²) in [5, 5.41) is 8.95. The van der Waals surface area contributed by atoms with Gasteiger partial charge in [0, 0.05) is 31.4 Å². The Balaban J connectivity index is 2.09. The molecule has 19 heavy (non-hydrogen) atoms. The highest BCUT2D eigenvalue weighted by Gasteiger charge is 2.24. The van der Waals surface area contributed by atoms with E-state index in [1.54, 1.807) is 0 Å². The highest BCUT2D eigenvalue weighted by atomic mass is 16.4. The Morgan fingerprint density at radius 1 is 1.47 bits per heavy atom. The van der Waals surface area contributed by atoms with Gasteiger partial charge >= 0.3 is 5.97 Å². The minimum Gasteiger partial charge on any atom is -0.478 e. The maximum absolute atomic E-state index is 11.8. The number of carboxylic acids is 1. The first-order valence-electron chi connectivity index (χ1n) is 6.65. The largest absolute Gasteiger partial charge is 0.478 e. The summed E-state index contributed by atoms with van der Waals surface area (Å²) in [5.41, 5.74) is 0.0336. The molecule has 1 unspecified atom stereocenters. The lowest BCUT2D eigenvalue weighted by Crippen LogP contribution is -2.30. The van der Waals surface area contributed by atoms with Crippen molar-refractivity contribution in [2.24, 2.45) is 5.92 Å². The molecule has 1 aromatic heterocycles. The van der Waals surface area contributed by atoms with E-state index in [2.05, 4.69) is 18.7 Å². The Hall–Kier alpha value is -1.62. The molecule has 5 heteroatoms. The molecular weight excluding hydrogens is 244 g/mol. The molecule has 5 nitrogen and oxygen atoms in total. The van der Waals surface area contributed by atoms with E-state index in [1.165, 1.54) is 22.9 Å². The average Bonchev–Trinajstić information content (AvgIpc) is 2.80. The first kappa shape index (κ1) is 13.8. The van der Waals surface area contributed by atoms with Crippen molar-refractivity contribution in [1.82, 2.24) is 9.47 Å². The van der Waals surface area contributed by atoms with Crippen molar-refractivity contribution in [1.29, 1.82) is 0 Å². The van der Waals surface area contributed by atoms with E-state index in [4.69, 9.17) is 5.11 Å². The number of nitrogens with zero attached hydrogens (tertiary/aromatic N) is 2. The fourth-order valence-electron chi connectivity index (χ4n) is 2.56. The van der Waals surface area contributed by atoms with Gasteiger partial charge in [-0.2, -0.15) is 0 Å². The number of carbonyl (C=O) groups is 1. The zero-order valence-corrected chi connectivity index (χ0v) is 11.4. The van der Waals surface area contributed by atoms with Gasteiger partial charge in [0.1, 0.15) is 0 Å². The summed E-state index contributed by atoms with van der Waals surface area (Å²) in [6, 6.07) is 3.21. The van der Waals surface area contributed by atoms with Crippen molar-refractivity contribution in [3.63, 3.8) is 0 Å². The summed E-state index contributed by atoms with van der Waals surface area (Å²) in [4.78, 5) is 25.1. The van der Waals surface area contributed by atoms with Gasteiger partial charge in [-0.15, -0.1) is 0 Å². The third kappa shape index (κ3) is 3.23. The van der Waals surface area contributed by atoms with E-state index in [-0.39, 0.29) is 11.1 Å². The van der Waals surface area contributed by atoms with Gasteiger partial charge in [0.25, 0.3) is 5.56 Å². The fourth-order valence-corrected chi connectivity index (χ4v) is 2.56. The van der Waals surface area contributed by atoms with Crippen molar-refractivity contribution in [2.45, 2.75) is 32.9 Å². The molecule has 2 rings (SSSR count). The second kappa shape index (κ2) is 5.57. The van der Waals surface area contributed by atoms with Crippen LogP contribution in [0.15, 0.2) is 23.1 Å². The first-order chi connectivity index (χ1) is 8.97. The normalized spacial score (nSPS) is 20.1. The van der Waals surface area contributed by atoms with Crippen LogP contribution in [0.1, 0.15) is 30.6 Å². The maximum atomic E-state index is 11.8. The summed E-state index contributed by atoms with van der Waals surface area (Å²) in [7, 11) is 0. The number of aromatic nitrogens is 1. The number of rotatable bonds is 4. The summed E-state index contributed by atoms with van der Waals surface area (Å²) >= 11 is 0. The number of carboxylic acid groups (broad SMARTS) is 1. The lowest BCUT2D eigenvalue weighted by molar-refractivity contribution is 0.0695. The molecule has 0 bridgehead atoms. The van der Waals surface area contributed by atoms with Gasteiger partial charge in [-0.05, 0) is 38.8 Å². The van der Waals surface area contributed by atoms with E-state index in [1.807, 2.05) is 0 Å². The molecule has 2 heterocycles.